The van der Waals surface area contributed by atoms with E-state index in [1.54, 1.807) is 0 Å². The molecule has 2 amide bonds. The van der Waals surface area contributed by atoms with E-state index in [4.69, 9.17) is 17.3 Å². The van der Waals surface area contributed by atoms with Crippen LogP contribution in [0.2, 0.25) is 5.02 Å². The van der Waals surface area contributed by atoms with Crippen molar-refractivity contribution in [2.75, 3.05) is 18.6 Å². The minimum absolute atomic E-state index is 0.168. The number of amides is 2. The second-order valence-corrected chi connectivity index (χ2v) is 6.93. The molecular weight excluding hydrogens is 306 g/mol. The van der Waals surface area contributed by atoms with Crippen LogP contribution in [-0.4, -0.2) is 35.3 Å². The number of halogens is 1. The molecule has 1 aliphatic rings. The Morgan fingerprint density at radius 2 is 2.14 bits per heavy atom. The number of hydrazone groups is 1. The van der Waals surface area contributed by atoms with Crippen molar-refractivity contribution >= 4 is 35.1 Å². The van der Waals surface area contributed by atoms with Crippen LogP contribution in [-0.2, 0) is 0 Å². The quantitative estimate of drug-likeness (QED) is 0.841. The van der Waals surface area contributed by atoms with Crippen molar-refractivity contribution < 1.29 is 4.79 Å². The van der Waals surface area contributed by atoms with E-state index >= 15 is 0 Å². The second-order valence-electron chi connectivity index (χ2n) is 5.51. The number of carbonyl (C=O) groups excluding carboxylic acids is 1. The van der Waals surface area contributed by atoms with Gasteiger partial charge in [0.2, 0.25) is 0 Å². The maximum absolute atomic E-state index is 11.5. The van der Waals surface area contributed by atoms with Gasteiger partial charge < -0.3 is 5.73 Å². The third-order valence-corrected chi connectivity index (χ3v) is 4.69. The number of rotatable bonds is 5. The Morgan fingerprint density at radius 1 is 1.48 bits per heavy atom. The lowest BCUT2D eigenvalue weighted by atomic mass is 9.78. The Morgan fingerprint density at radius 3 is 2.71 bits per heavy atom. The van der Waals surface area contributed by atoms with Crippen LogP contribution in [0, 0.1) is 5.41 Å². The fraction of sp³-hybridized carbons (Fsp3) is 0.467. The van der Waals surface area contributed by atoms with Crippen molar-refractivity contribution in [3.63, 3.8) is 0 Å². The number of urea groups is 1. The van der Waals surface area contributed by atoms with Crippen LogP contribution in [0.1, 0.15) is 25.3 Å². The monoisotopic (exact) mass is 325 g/mol. The lowest BCUT2D eigenvalue weighted by molar-refractivity contribution is 0.202. The zero-order valence-corrected chi connectivity index (χ0v) is 13.9. The smallest absolute Gasteiger partial charge is 0.335 e. The van der Waals surface area contributed by atoms with E-state index in [0.717, 1.165) is 29.9 Å². The molecule has 2 rings (SSSR count). The van der Waals surface area contributed by atoms with Gasteiger partial charge in [-0.25, -0.2) is 9.80 Å². The summed E-state index contributed by atoms with van der Waals surface area (Å²) in [7, 11) is 0. The Balaban J connectivity index is 2.29. The van der Waals surface area contributed by atoms with Gasteiger partial charge in [0.15, 0.2) is 0 Å². The van der Waals surface area contributed by atoms with Crippen molar-refractivity contribution in [3.05, 3.63) is 34.9 Å². The molecule has 0 radical (unpaired) electrons. The molecule has 0 saturated heterocycles. The summed E-state index contributed by atoms with van der Waals surface area (Å²) in [4.78, 5) is 11.5. The molecule has 21 heavy (non-hydrogen) atoms. The van der Waals surface area contributed by atoms with Crippen LogP contribution in [0.3, 0.4) is 0 Å². The summed E-state index contributed by atoms with van der Waals surface area (Å²) < 4.78 is 0. The van der Waals surface area contributed by atoms with Gasteiger partial charge in [-0.1, -0.05) is 30.7 Å². The molecule has 6 heteroatoms. The minimum atomic E-state index is -0.505. The molecule has 2 N–H and O–H groups in total. The lowest BCUT2D eigenvalue weighted by Gasteiger charge is -2.26. The number of primary amides is 1. The van der Waals surface area contributed by atoms with E-state index < -0.39 is 6.03 Å². The highest BCUT2D eigenvalue weighted by Gasteiger charge is 2.40. The van der Waals surface area contributed by atoms with E-state index in [2.05, 4.69) is 18.3 Å². The topological polar surface area (TPSA) is 58.7 Å². The van der Waals surface area contributed by atoms with Gasteiger partial charge in [0.05, 0.1) is 12.3 Å². The standard InChI is InChI=1S/C15H20ClN3OS/c1-15(8-3-9-21-2)10-19(14(17)20)18-13(15)11-4-6-12(16)7-5-11/h4-7H,3,8-10H2,1-2H3,(H2,17,20). The molecule has 0 bridgehead atoms. The van der Waals surface area contributed by atoms with E-state index in [1.165, 1.54) is 5.01 Å². The van der Waals surface area contributed by atoms with Crippen molar-refractivity contribution in [3.8, 4) is 0 Å². The Bertz CT molecular complexity index is 546. The maximum atomic E-state index is 11.5. The first-order valence-corrected chi connectivity index (χ1v) is 8.64. The molecule has 1 aliphatic heterocycles. The van der Waals surface area contributed by atoms with Gasteiger partial charge >= 0.3 is 6.03 Å². The highest BCUT2D eigenvalue weighted by Crippen LogP contribution is 2.35. The highest BCUT2D eigenvalue weighted by molar-refractivity contribution is 7.98. The molecule has 0 aromatic heterocycles. The molecule has 0 saturated carbocycles. The summed E-state index contributed by atoms with van der Waals surface area (Å²) in [5.74, 6) is 1.10. The highest BCUT2D eigenvalue weighted by atomic mass is 35.5. The molecule has 0 fully saturated rings. The zero-order chi connectivity index (χ0) is 15.5. The van der Waals surface area contributed by atoms with E-state index in [1.807, 2.05) is 36.0 Å². The largest absolute Gasteiger partial charge is 0.350 e. The first-order chi connectivity index (χ1) is 9.96. The van der Waals surface area contributed by atoms with Crippen LogP contribution in [0.15, 0.2) is 29.4 Å². The minimum Gasteiger partial charge on any atom is -0.350 e. The Labute approximate surface area is 134 Å². The molecule has 1 aromatic carbocycles. The van der Waals surface area contributed by atoms with Crippen LogP contribution in [0.25, 0.3) is 0 Å². The molecule has 4 nitrogen and oxygen atoms in total. The summed E-state index contributed by atoms with van der Waals surface area (Å²) >= 11 is 7.77. The zero-order valence-electron chi connectivity index (χ0n) is 12.3. The normalized spacial score (nSPS) is 21.5. The average molecular weight is 326 g/mol. The SMILES string of the molecule is CSCCCC1(C)CN(C(N)=O)N=C1c1ccc(Cl)cc1. The van der Waals surface area contributed by atoms with Gasteiger partial charge in [0.1, 0.15) is 0 Å². The van der Waals surface area contributed by atoms with Gasteiger partial charge in [-0.2, -0.15) is 16.9 Å². The second kappa shape index (κ2) is 6.71. The number of hydrogen-bond acceptors (Lipinski definition) is 3. The predicted molar refractivity (Wildman–Crippen MR) is 90.0 cm³/mol. The van der Waals surface area contributed by atoms with E-state index in [-0.39, 0.29) is 5.41 Å². The third kappa shape index (κ3) is 3.71. The van der Waals surface area contributed by atoms with Gasteiger partial charge in [0, 0.05) is 10.4 Å². The molecule has 1 aromatic rings. The summed E-state index contributed by atoms with van der Waals surface area (Å²) in [5, 5.41) is 6.50. The van der Waals surface area contributed by atoms with Crippen molar-refractivity contribution in [2.24, 2.45) is 16.3 Å². The van der Waals surface area contributed by atoms with Crippen molar-refractivity contribution in [1.82, 2.24) is 5.01 Å². The Hall–Kier alpha value is -1.20. The number of carbonyl (C=O) groups is 1. The average Bonchev–Trinajstić information content (AvgIpc) is 2.78. The molecular formula is C15H20ClN3OS. The fourth-order valence-corrected chi connectivity index (χ4v) is 3.19. The van der Waals surface area contributed by atoms with Gasteiger partial charge in [-0.3, -0.25) is 0 Å². The van der Waals surface area contributed by atoms with E-state index in [9.17, 15) is 4.79 Å². The first-order valence-electron chi connectivity index (χ1n) is 6.87. The molecule has 1 atom stereocenters. The van der Waals surface area contributed by atoms with Crippen LogP contribution < -0.4 is 5.73 Å². The molecule has 0 spiro atoms. The van der Waals surface area contributed by atoms with Gasteiger partial charge in [-0.05, 0) is 42.5 Å². The number of thioether (sulfide) groups is 1. The molecule has 114 valence electrons. The summed E-state index contributed by atoms with van der Waals surface area (Å²) in [5.41, 5.74) is 7.14. The summed E-state index contributed by atoms with van der Waals surface area (Å²) in [6.07, 6.45) is 4.15. The van der Waals surface area contributed by atoms with Gasteiger partial charge in [-0.15, -0.1) is 0 Å². The summed E-state index contributed by atoms with van der Waals surface area (Å²) in [6.45, 7) is 2.68. The maximum Gasteiger partial charge on any atom is 0.335 e. The van der Waals surface area contributed by atoms with Crippen LogP contribution in [0.5, 0.6) is 0 Å². The van der Waals surface area contributed by atoms with Crippen LogP contribution in [0.4, 0.5) is 4.79 Å². The number of hydrogen-bond donors (Lipinski definition) is 1. The third-order valence-electron chi connectivity index (χ3n) is 3.74. The number of nitrogens with two attached hydrogens (primary N) is 1. The molecule has 1 unspecified atom stereocenters. The Kier molecular flexibility index (Phi) is 5.17. The van der Waals surface area contributed by atoms with E-state index in [0.29, 0.717) is 11.6 Å². The van der Waals surface area contributed by atoms with Gasteiger partial charge in [0.25, 0.3) is 0 Å². The predicted octanol–water partition coefficient (Wildman–Crippen LogP) is 3.59. The van der Waals surface area contributed by atoms with Crippen LogP contribution >= 0.6 is 23.4 Å². The van der Waals surface area contributed by atoms with Crippen molar-refractivity contribution in [1.29, 1.82) is 0 Å². The number of nitrogens with zero attached hydrogens (tertiary/aromatic N) is 2. The number of benzene rings is 1. The van der Waals surface area contributed by atoms with Crippen molar-refractivity contribution in [2.45, 2.75) is 19.8 Å². The summed E-state index contributed by atoms with van der Waals surface area (Å²) in [6, 6.07) is 7.07. The fourth-order valence-electron chi connectivity index (χ4n) is 2.63. The lowest BCUT2D eigenvalue weighted by Crippen LogP contribution is -2.36. The molecule has 0 aliphatic carbocycles. The molecule has 1 heterocycles. The first kappa shape index (κ1) is 16.2.